The average Bonchev–Trinajstić information content (AvgIpc) is 2.66. The molecule has 0 aromatic carbocycles. The number of hydrogen-bond acceptors (Lipinski definition) is 3. The number of carbonyl (C=O) groups excluding carboxylic acids is 1. The van der Waals surface area contributed by atoms with Crippen LogP contribution in [0.5, 0.6) is 0 Å². The summed E-state index contributed by atoms with van der Waals surface area (Å²) in [7, 11) is 1.33. The molecule has 0 radical (unpaired) electrons. The highest BCUT2D eigenvalue weighted by atomic mass is 16.5. The predicted molar refractivity (Wildman–Crippen MR) is 54.0 cm³/mol. The van der Waals surface area contributed by atoms with Crippen molar-refractivity contribution in [3.8, 4) is 0 Å². The first-order valence-electron chi connectivity index (χ1n) is 4.54. The van der Waals surface area contributed by atoms with Gasteiger partial charge >= 0.3 is 5.97 Å². The number of hydrogen-bond donors (Lipinski definition) is 0. The van der Waals surface area contributed by atoms with Crippen molar-refractivity contribution in [2.24, 2.45) is 0 Å². The summed E-state index contributed by atoms with van der Waals surface area (Å²) in [6.07, 6.45) is 2.99. The topological polar surface area (TPSA) is 39.4 Å². The normalized spacial score (nSPS) is 11.5. The minimum Gasteiger partial charge on any atom is -0.463 e. The fraction of sp³-hybridized carbons (Fsp3) is 0.364. The van der Waals surface area contributed by atoms with Gasteiger partial charge in [0, 0.05) is 0 Å². The number of furan rings is 1. The Morgan fingerprint density at radius 2 is 2.14 bits per heavy atom. The van der Waals surface area contributed by atoms with E-state index in [0.717, 1.165) is 12.0 Å². The third kappa shape index (κ3) is 2.25. The summed E-state index contributed by atoms with van der Waals surface area (Å²) >= 11 is 0. The Labute approximate surface area is 83.4 Å². The standard InChI is InChI=1S/C11H14O3/c1-4-5-8(2)9-6-7-10(14-9)11(12)13-3/h5-7H,4H2,1-3H3/b8-5+. The van der Waals surface area contributed by atoms with Crippen molar-refractivity contribution in [1.82, 2.24) is 0 Å². The van der Waals surface area contributed by atoms with E-state index in [4.69, 9.17) is 4.42 Å². The lowest BCUT2D eigenvalue weighted by atomic mass is 10.2. The van der Waals surface area contributed by atoms with Crippen LogP contribution in [-0.2, 0) is 4.74 Å². The summed E-state index contributed by atoms with van der Waals surface area (Å²) in [5.74, 6) is 0.513. The van der Waals surface area contributed by atoms with E-state index >= 15 is 0 Å². The minimum absolute atomic E-state index is 0.242. The monoisotopic (exact) mass is 194 g/mol. The Kier molecular flexibility index (Phi) is 3.51. The molecule has 3 heteroatoms. The second kappa shape index (κ2) is 4.65. The van der Waals surface area contributed by atoms with Crippen LogP contribution < -0.4 is 0 Å². The third-order valence-electron chi connectivity index (χ3n) is 1.89. The zero-order valence-corrected chi connectivity index (χ0v) is 8.66. The summed E-state index contributed by atoms with van der Waals surface area (Å²) in [6, 6.07) is 3.39. The van der Waals surface area contributed by atoms with Gasteiger partial charge in [0.25, 0.3) is 0 Å². The van der Waals surface area contributed by atoms with E-state index < -0.39 is 5.97 Å². The first-order chi connectivity index (χ1) is 6.69. The summed E-state index contributed by atoms with van der Waals surface area (Å²) in [4.78, 5) is 11.1. The number of methoxy groups -OCH3 is 1. The molecule has 0 saturated heterocycles. The molecule has 1 aromatic rings. The van der Waals surface area contributed by atoms with E-state index in [-0.39, 0.29) is 5.76 Å². The molecule has 0 atom stereocenters. The zero-order chi connectivity index (χ0) is 10.6. The van der Waals surface area contributed by atoms with Gasteiger partial charge in [-0.2, -0.15) is 0 Å². The summed E-state index contributed by atoms with van der Waals surface area (Å²) in [5, 5.41) is 0. The van der Waals surface area contributed by atoms with Gasteiger partial charge in [-0.05, 0) is 31.1 Å². The molecule has 0 amide bonds. The first-order valence-corrected chi connectivity index (χ1v) is 4.54. The molecule has 3 nitrogen and oxygen atoms in total. The average molecular weight is 194 g/mol. The van der Waals surface area contributed by atoms with Gasteiger partial charge in [0.05, 0.1) is 7.11 Å². The molecule has 0 N–H and O–H groups in total. The van der Waals surface area contributed by atoms with Gasteiger partial charge in [0.1, 0.15) is 5.76 Å². The van der Waals surface area contributed by atoms with Crippen molar-refractivity contribution >= 4 is 11.5 Å². The second-order valence-corrected chi connectivity index (χ2v) is 2.95. The Hall–Kier alpha value is -1.51. The molecular weight excluding hydrogens is 180 g/mol. The molecule has 0 fully saturated rings. The molecule has 0 unspecified atom stereocenters. The molecule has 0 spiro atoms. The maximum absolute atomic E-state index is 11.1. The lowest BCUT2D eigenvalue weighted by Gasteiger charge is -1.95. The highest BCUT2D eigenvalue weighted by Crippen LogP contribution is 2.18. The van der Waals surface area contributed by atoms with Crippen LogP contribution in [0.4, 0.5) is 0 Å². The highest BCUT2D eigenvalue weighted by molar-refractivity contribution is 5.86. The fourth-order valence-corrected chi connectivity index (χ4v) is 1.17. The molecule has 1 heterocycles. The molecule has 0 saturated carbocycles. The molecule has 76 valence electrons. The van der Waals surface area contributed by atoms with Crippen molar-refractivity contribution in [2.45, 2.75) is 20.3 Å². The van der Waals surface area contributed by atoms with Gasteiger partial charge in [-0.3, -0.25) is 0 Å². The number of allylic oxidation sites excluding steroid dienone is 2. The maximum Gasteiger partial charge on any atom is 0.373 e. The molecular formula is C11H14O3. The first kappa shape index (κ1) is 10.6. The molecule has 1 aromatic heterocycles. The van der Waals surface area contributed by atoms with E-state index in [1.807, 2.05) is 19.9 Å². The van der Waals surface area contributed by atoms with Crippen LogP contribution in [0.3, 0.4) is 0 Å². The number of esters is 1. The van der Waals surface area contributed by atoms with Crippen LogP contribution in [-0.4, -0.2) is 13.1 Å². The summed E-state index contributed by atoms with van der Waals surface area (Å²) in [6.45, 7) is 4.00. The lowest BCUT2D eigenvalue weighted by molar-refractivity contribution is 0.0564. The summed E-state index contributed by atoms with van der Waals surface area (Å²) < 4.78 is 9.84. The van der Waals surface area contributed by atoms with Crippen LogP contribution >= 0.6 is 0 Å². The predicted octanol–water partition coefficient (Wildman–Crippen LogP) is 2.88. The quantitative estimate of drug-likeness (QED) is 0.694. The second-order valence-electron chi connectivity index (χ2n) is 2.95. The van der Waals surface area contributed by atoms with Crippen LogP contribution in [0, 0.1) is 0 Å². The minimum atomic E-state index is -0.444. The van der Waals surface area contributed by atoms with E-state index in [2.05, 4.69) is 4.74 Å². The van der Waals surface area contributed by atoms with Gasteiger partial charge in [-0.15, -0.1) is 0 Å². The van der Waals surface area contributed by atoms with Crippen LogP contribution in [0.15, 0.2) is 22.6 Å². The SMILES string of the molecule is CC/C=C(\C)c1ccc(C(=O)OC)o1. The lowest BCUT2D eigenvalue weighted by Crippen LogP contribution is -1.98. The van der Waals surface area contributed by atoms with Gasteiger partial charge in [-0.25, -0.2) is 4.79 Å². The van der Waals surface area contributed by atoms with Gasteiger partial charge in [-0.1, -0.05) is 13.0 Å². The molecule has 0 bridgehead atoms. The number of ether oxygens (including phenoxy) is 1. The van der Waals surface area contributed by atoms with E-state index in [0.29, 0.717) is 5.76 Å². The number of rotatable bonds is 3. The Bertz CT molecular complexity index is 347. The molecule has 0 aliphatic heterocycles. The van der Waals surface area contributed by atoms with Crippen LogP contribution in [0.1, 0.15) is 36.6 Å². The Balaban J connectivity index is 2.88. The van der Waals surface area contributed by atoms with E-state index in [1.54, 1.807) is 12.1 Å². The Morgan fingerprint density at radius 1 is 1.50 bits per heavy atom. The van der Waals surface area contributed by atoms with Crippen molar-refractivity contribution in [3.63, 3.8) is 0 Å². The third-order valence-corrected chi connectivity index (χ3v) is 1.89. The molecule has 0 aliphatic carbocycles. The van der Waals surface area contributed by atoms with E-state index in [1.165, 1.54) is 7.11 Å². The molecule has 1 rings (SSSR count). The van der Waals surface area contributed by atoms with E-state index in [9.17, 15) is 4.79 Å². The largest absolute Gasteiger partial charge is 0.463 e. The zero-order valence-electron chi connectivity index (χ0n) is 8.66. The highest BCUT2D eigenvalue weighted by Gasteiger charge is 2.11. The van der Waals surface area contributed by atoms with Crippen molar-refractivity contribution in [3.05, 3.63) is 29.7 Å². The van der Waals surface area contributed by atoms with Crippen molar-refractivity contribution < 1.29 is 13.9 Å². The van der Waals surface area contributed by atoms with Crippen molar-refractivity contribution in [1.29, 1.82) is 0 Å². The van der Waals surface area contributed by atoms with Crippen LogP contribution in [0.25, 0.3) is 5.57 Å². The summed E-state index contributed by atoms with van der Waals surface area (Å²) in [5.41, 5.74) is 1.03. The van der Waals surface area contributed by atoms with Gasteiger partial charge < -0.3 is 9.15 Å². The van der Waals surface area contributed by atoms with Crippen molar-refractivity contribution in [2.75, 3.05) is 7.11 Å². The Morgan fingerprint density at radius 3 is 2.71 bits per heavy atom. The number of carbonyl (C=O) groups is 1. The molecule has 0 aliphatic rings. The fourth-order valence-electron chi connectivity index (χ4n) is 1.17. The van der Waals surface area contributed by atoms with Crippen LogP contribution in [0.2, 0.25) is 0 Å². The molecule has 14 heavy (non-hydrogen) atoms. The van der Waals surface area contributed by atoms with Gasteiger partial charge in [0.15, 0.2) is 0 Å². The maximum atomic E-state index is 11.1. The smallest absolute Gasteiger partial charge is 0.373 e. The van der Waals surface area contributed by atoms with Gasteiger partial charge in [0.2, 0.25) is 5.76 Å².